The minimum Gasteiger partial charge on any atom is -0.497 e. The van der Waals surface area contributed by atoms with Crippen molar-refractivity contribution in [2.75, 3.05) is 20.1 Å². The van der Waals surface area contributed by atoms with E-state index in [0.29, 0.717) is 22.9 Å². The predicted molar refractivity (Wildman–Crippen MR) is 67.2 cm³/mol. The van der Waals surface area contributed by atoms with Crippen molar-refractivity contribution in [1.82, 2.24) is 5.32 Å². The summed E-state index contributed by atoms with van der Waals surface area (Å²) in [5.74, 6) is 1.32. The normalized spacial score (nSPS) is 11.8. The maximum absolute atomic E-state index is 11.9. The van der Waals surface area contributed by atoms with Gasteiger partial charge in [-0.1, -0.05) is 0 Å². The fourth-order valence-corrected chi connectivity index (χ4v) is 1.36. The number of ether oxygens (including phenoxy) is 2. The Balaban J connectivity index is 2.92. The first-order valence-corrected chi connectivity index (χ1v) is 5.74. The quantitative estimate of drug-likeness (QED) is 0.822. The number of amides is 1. The van der Waals surface area contributed by atoms with Crippen molar-refractivity contribution in [1.29, 1.82) is 0 Å². The summed E-state index contributed by atoms with van der Waals surface area (Å²) < 4.78 is 10.2. The lowest BCUT2D eigenvalue weighted by atomic mass is 10.1. The van der Waals surface area contributed by atoms with Gasteiger partial charge < -0.3 is 14.8 Å². The summed E-state index contributed by atoms with van der Waals surface area (Å²) in [6.45, 7) is 1.84. The van der Waals surface area contributed by atoms with E-state index < -0.39 is 0 Å². The molecular formula is C12H16ClNO3. The third kappa shape index (κ3) is 3.82. The lowest BCUT2D eigenvalue weighted by molar-refractivity contribution is 0.0943. The SMILES string of the molecule is COc1cc(OC)cc(C(=O)NC(C)CCl)c1. The highest BCUT2D eigenvalue weighted by Crippen LogP contribution is 2.22. The molecule has 17 heavy (non-hydrogen) atoms. The van der Waals surface area contributed by atoms with E-state index in [2.05, 4.69) is 5.32 Å². The van der Waals surface area contributed by atoms with Gasteiger partial charge in [0.1, 0.15) is 11.5 Å². The Kier molecular flexibility index (Phi) is 5.10. The van der Waals surface area contributed by atoms with Crippen LogP contribution in [0, 0.1) is 0 Å². The molecule has 1 atom stereocenters. The lowest BCUT2D eigenvalue weighted by Gasteiger charge is -2.12. The van der Waals surface area contributed by atoms with Gasteiger partial charge in [-0.15, -0.1) is 11.6 Å². The van der Waals surface area contributed by atoms with E-state index in [4.69, 9.17) is 21.1 Å². The second-order valence-corrected chi connectivity index (χ2v) is 3.94. The summed E-state index contributed by atoms with van der Waals surface area (Å²) in [7, 11) is 3.08. The molecule has 0 spiro atoms. The largest absolute Gasteiger partial charge is 0.497 e. The number of nitrogens with one attached hydrogen (secondary N) is 1. The number of carbonyl (C=O) groups is 1. The molecule has 1 rings (SSSR count). The Morgan fingerprint density at radius 1 is 1.29 bits per heavy atom. The molecule has 0 fully saturated rings. The molecule has 0 saturated carbocycles. The third-order valence-electron chi connectivity index (χ3n) is 2.22. The van der Waals surface area contributed by atoms with Crippen molar-refractivity contribution >= 4 is 17.5 Å². The monoisotopic (exact) mass is 257 g/mol. The van der Waals surface area contributed by atoms with Gasteiger partial charge in [0, 0.05) is 23.6 Å². The van der Waals surface area contributed by atoms with Crippen LogP contribution in [-0.4, -0.2) is 32.0 Å². The second-order valence-electron chi connectivity index (χ2n) is 3.63. The molecule has 0 aliphatic carbocycles. The van der Waals surface area contributed by atoms with E-state index in [1.165, 1.54) is 14.2 Å². The summed E-state index contributed by atoms with van der Waals surface area (Å²) in [6, 6.07) is 4.93. The number of methoxy groups -OCH3 is 2. The Morgan fingerprint density at radius 2 is 1.82 bits per heavy atom. The molecule has 5 heteroatoms. The van der Waals surface area contributed by atoms with Gasteiger partial charge in [0.25, 0.3) is 5.91 Å². The van der Waals surface area contributed by atoms with Crippen LogP contribution in [0.15, 0.2) is 18.2 Å². The molecule has 0 aliphatic rings. The van der Waals surface area contributed by atoms with Crippen LogP contribution in [0.25, 0.3) is 0 Å². The van der Waals surface area contributed by atoms with Crippen LogP contribution in [0.2, 0.25) is 0 Å². The molecule has 1 aromatic carbocycles. The van der Waals surface area contributed by atoms with Gasteiger partial charge in [-0.05, 0) is 19.1 Å². The Morgan fingerprint density at radius 3 is 2.24 bits per heavy atom. The molecule has 0 heterocycles. The standard InChI is InChI=1S/C12H16ClNO3/c1-8(7-13)14-12(15)9-4-10(16-2)6-11(5-9)17-3/h4-6,8H,7H2,1-3H3,(H,14,15). The average Bonchev–Trinajstić information content (AvgIpc) is 2.37. The fraction of sp³-hybridized carbons (Fsp3) is 0.417. The first kappa shape index (κ1) is 13.6. The van der Waals surface area contributed by atoms with E-state index >= 15 is 0 Å². The van der Waals surface area contributed by atoms with Crippen LogP contribution >= 0.6 is 11.6 Å². The van der Waals surface area contributed by atoms with Crippen molar-refractivity contribution in [3.8, 4) is 11.5 Å². The maximum atomic E-state index is 11.9. The number of alkyl halides is 1. The van der Waals surface area contributed by atoms with Crippen molar-refractivity contribution in [2.24, 2.45) is 0 Å². The smallest absolute Gasteiger partial charge is 0.251 e. The first-order chi connectivity index (χ1) is 8.10. The van der Waals surface area contributed by atoms with Crippen LogP contribution < -0.4 is 14.8 Å². The molecule has 1 N–H and O–H groups in total. The number of rotatable bonds is 5. The topological polar surface area (TPSA) is 47.6 Å². The molecule has 1 unspecified atom stereocenters. The van der Waals surface area contributed by atoms with E-state index in [1.807, 2.05) is 6.92 Å². The molecule has 4 nitrogen and oxygen atoms in total. The van der Waals surface area contributed by atoms with Crippen LogP contribution in [0.4, 0.5) is 0 Å². The summed E-state index contributed by atoms with van der Waals surface area (Å²) in [5.41, 5.74) is 0.484. The number of hydrogen-bond acceptors (Lipinski definition) is 3. The first-order valence-electron chi connectivity index (χ1n) is 5.20. The zero-order chi connectivity index (χ0) is 12.8. The highest BCUT2D eigenvalue weighted by molar-refractivity contribution is 6.18. The van der Waals surface area contributed by atoms with Crippen LogP contribution in [0.5, 0.6) is 11.5 Å². The van der Waals surface area contributed by atoms with Gasteiger partial charge >= 0.3 is 0 Å². The zero-order valence-corrected chi connectivity index (χ0v) is 10.9. The van der Waals surface area contributed by atoms with Gasteiger partial charge in [-0.25, -0.2) is 0 Å². The van der Waals surface area contributed by atoms with Crippen molar-refractivity contribution in [3.05, 3.63) is 23.8 Å². The van der Waals surface area contributed by atoms with Gasteiger partial charge in [0.2, 0.25) is 0 Å². The summed E-state index contributed by atoms with van der Waals surface area (Å²) in [5, 5.41) is 2.77. The van der Waals surface area contributed by atoms with E-state index in [0.717, 1.165) is 0 Å². The average molecular weight is 258 g/mol. The number of hydrogen-bond donors (Lipinski definition) is 1. The number of benzene rings is 1. The summed E-state index contributed by atoms with van der Waals surface area (Å²) in [6.07, 6.45) is 0. The Hall–Kier alpha value is -1.42. The summed E-state index contributed by atoms with van der Waals surface area (Å²) in [4.78, 5) is 11.9. The molecule has 0 saturated heterocycles. The van der Waals surface area contributed by atoms with Crippen molar-refractivity contribution < 1.29 is 14.3 Å². The fourth-order valence-electron chi connectivity index (χ4n) is 1.28. The van der Waals surface area contributed by atoms with Crippen LogP contribution in [0.1, 0.15) is 17.3 Å². The second kappa shape index (κ2) is 6.35. The third-order valence-corrected chi connectivity index (χ3v) is 2.69. The number of halogens is 1. The zero-order valence-electron chi connectivity index (χ0n) is 10.1. The minimum atomic E-state index is -0.199. The Bertz CT molecular complexity index is 373. The van der Waals surface area contributed by atoms with Crippen LogP contribution in [-0.2, 0) is 0 Å². The molecule has 0 bridgehead atoms. The highest BCUT2D eigenvalue weighted by atomic mass is 35.5. The van der Waals surface area contributed by atoms with Gasteiger partial charge in [-0.3, -0.25) is 4.79 Å². The van der Waals surface area contributed by atoms with Gasteiger partial charge in [-0.2, -0.15) is 0 Å². The lowest BCUT2D eigenvalue weighted by Crippen LogP contribution is -2.33. The van der Waals surface area contributed by atoms with E-state index in [1.54, 1.807) is 18.2 Å². The van der Waals surface area contributed by atoms with E-state index in [9.17, 15) is 4.79 Å². The van der Waals surface area contributed by atoms with Crippen molar-refractivity contribution in [3.63, 3.8) is 0 Å². The highest BCUT2D eigenvalue weighted by Gasteiger charge is 2.11. The van der Waals surface area contributed by atoms with Crippen molar-refractivity contribution in [2.45, 2.75) is 13.0 Å². The molecule has 1 amide bonds. The molecule has 0 radical (unpaired) electrons. The number of carbonyl (C=O) groups excluding carboxylic acids is 1. The molecular weight excluding hydrogens is 242 g/mol. The molecule has 0 aromatic heterocycles. The predicted octanol–water partition coefficient (Wildman–Crippen LogP) is 2.06. The molecule has 94 valence electrons. The van der Waals surface area contributed by atoms with Gasteiger partial charge in [0.15, 0.2) is 0 Å². The maximum Gasteiger partial charge on any atom is 0.251 e. The molecule has 0 aliphatic heterocycles. The summed E-state index contributed by atoms with van der Waals surface area (Å²) >= 11 is 5.64. The van der Waals surface area contributed by atoms with Gasteiger partial charge in [0.05, 0.1) is 14.2 Å². The minimum absolute atomic E-state index is 0.0821. The van der Waals surface area contributed by atoms with E-state index in [-0.39, 0.29) is 11.9 Å². The van der Waals surface area contributed by atoms with Crippen LogP contribution in [0.3, 0.4) is 0 Å². The Labute approximate surface area is 106 Å². The molecule has 1 aromatic rings.